The number of aromatic nitrogens is 1. The molecule has 30 heavy (non-hydrogen) atoms. The standard InChI is InChI=1S/C21H30N4O3S2/c1-6-24(7-2)20-12-11-18(30(27,28)25(8-3)9-4)14-19(20)23-21(26)13-10-17-15-29-16(5)22-17/h10-15H,6-9H2,1-5H3,(H,23,26)/b13-10+. The second kappa shape index (κ2) is 10.7. The van der Waals surface area contributed by atoms with E-state index in [1.165, 1.54) is 21.7 Å². The predicted molar refractivity (Wildman–Crippen MR) is 125 cm³/mol. The highest BCUT2D eigenvalue weighted by molar-refractivity contribution is 7.89. The summed E-state index contributed by atoms with van der Waals surface area (Å²) in [6, 6.07) is 4.90. The van der Waals surface area contributed by atoms with Crippen LogP contribution in [0.2, 0.25) is 0 Å². The molecule has 7 nitrogen and oxygen atoms in total. The van der Waals surface area contributed by atoms with E-state index >= 15 is 0 Å². The number of nitrogens with one attached hydrogen (secondary N) is 1. The third-order valence-electron chi connectivity index (χ3n) is 4.72. The molecule has 1 amide bonds. The van der Waals surface area contributed by atoms with Gasteiger partial charge in [-0.05, 0) is 45.0 Å². The Morgan fingerprint density at radius 3 is 2.33 bits per heavy atom. The van der Waals surface area contributed by atoms with E-state index in [1.807, 2.05) is 26.2 Å². The Kier molecular flexibility index (Phi) is 8.57. The summed E-state index contributed by atoms with van der Waals surface area (Å²) >= 11 is 1.51. The number of amides is 1. The number of sulfonamides is 1. The first-order valence-corrected chi connectivity index (χ1v) is 12.4. The number of hydrogen-bond donors (Lipinski definition) is 1. The topological polar surface area (TPSA) is 82.6 Å². The van der Waals surface area contributed by atoms with E-state index in [0.717, 1.165) is 29.5 Å². The van der Waals surface area contributed by atoms with Crippen LogP contribution in [0.25, 0.3) is 6.08 Å². The van der Waals surface area contributed by atoms with Gasteiger partial charge in [0.05, 0.1) is 27.0 Å². The first kappa shape index (κ1) is 24.0. The van der Waals surface area contributed by atoms with Crippen molar-refractivity contribution < 1.29 is 13.2 Å². The smallest absolute Gasteiger partial charge is 0.248 e. The van der Waals surface area contributed by atoms with Gasteiger partial charge in [0.15, 0.2) is 0 Å². The lowest BCUT2D eigenvalue weighted by atomic mass is 10.2. The molecular weight excluding hydrogens is 420 g/mol. The maximum atomic E-state index is 12.9. The number of nitrogens with zero attached hydrogens (tertiary/aromatic N) is 3. The van der Waals surface area contributed by atoms with Gasteiger partial charge in [-0.2, -0.15) is 4.31 Å². The summed E-state index contributed by atoms with van der Waals surface area (Å²) in [7, 11) is -3.63. The lowest BCUT2D eigenvalue weighted by Crippen LogP contribution is -2.31. The summed E-state index contributed by atoms with van der Waals surface area (Å²) in [5, 5.41) is 5.65. The summed E-state index contributed by atoms with van der Waals surface area (Å²) in [6.45, 7) is 11.8. The molecule has 1 heterocycles. The minimum atomic E-state index is -3.63. The van der Waals surface area contributed by atoms with Gasteiger partial charge >= 0.3 is 0 Å². The second-order valence-electron chi connectivity index (χ2n) is 6.55. The van der Waals surface area contributed by atoms with Gasteiger partial charge in [-0.15, -0.1) is 11.3 Å². The minimum Gasteiger partial charge on any atom is -0.370 e. The molecule has 0 aliphatic rings. The van der Waals surface area contributed by atoms with Gasteiger partial charge in [0, 0.05) is 37.6 Å². The number of anilines is 2. The molecule has 0 saturated carbocycles. The van der Waals surface area contributed by atoms with Crippen LogP contribution in [0.4, 0.5) is 11.4 Å². The van der Waals surface area contributed by atoms with Crippen molar-refractivity contribution in [2.45, 2.75) is 39.5 Å². The maximum absolute atomic E-state index is 12.9. The molecule has 164 valence electrons. The number of thiazole rings is 1. The summed E-state index contributed by atoms with van der Waals surface area (Å²) < 4.78 is 27.3. The highest BCUT2D eigenvalue weighted by Crippen LogP contribution is 2.30. The molecule has 0 aliphatic heterocycles. The van der Waals surface area contributed by atoms with Crippen molar-refractivity contribution in [1.82, 2.24) is 9.29 Å². The highest BCUT2D eigenvalue weighted by Gasteiger charge is 2.23. The molecule has 1 N–H and O–H groups in total. The number of carbonyl (C=O) groups is 1. The minimum absolute atomic E-state index is 0.163. The number of rotatable bonds is 10. The van der Waals surface area contributed by atoms with Crippen LogP contribution < -0.4 is 10.2 Å². The maximum Gasteiger partial charge on any atom is 0.248 e. The van der Waals surface area contributed by atoms with Crippen LogP contribution in [-0.2, 0) is 14.8 Å². The Balaban J connectivity index is 2.40. The molecule has 0 spiro atoms. The van der Waals surface area contributed by atoms with Crippen LogP contribution in [0.15, 0.2) is 34.6 Å². The Labute approximate surface area is 183 Å². The van der Waals surface area contributed by atoms with E-state index in [0.29, 0.717) is 18.8 Å². The SMILES string of the molecule is CCN(CC)c1ccc(S(=O)(=O)N(CC)CC)cc1NC(=O)/C=C/c1csc(C)n1. The van der Waals surface area contributed by atoms with Gasteiger partial charge in [0.2, 0.25) is 15.9 Å². The van der Waals surface area contributed by atoms with Crippen LogP contribution in [0.1, 0.15) is 38.4 Å². The molecule has 2 rings (SSSR count). The van der Waals surface area contributed by atoms with Crippen molar-refractivity contribution in [2.24, 2.45) is 0 Å². The fourth-order valence-corrected chi connectivity index (χ4v) is 5.19. The number of carbonyl (C=O) groups excluding carboxylic acids is 1. The van der Waals surface area contributed by atoms with Gasteiger partial charge in [-0.25, -0.2) is 13.4 Å². The average molecular weight is 451 g/mol. The molecule has 0 fully saturated rings. The van der Waals surface area contributed by atoms with Gasteiger partial charge in [-0.1, -0.05) is 13.8 Å². The van der Waals surface area contributed by atoms with Gasteiger partial charge in [0.25, 0.3) is 0 Å². The molecule has 0 saturated heterocycles. The van der Waals surface area contributed by atoms with Crippen molar-refractivity contribution in [3.8, 4) is 0 Å². The fraction of sp³-hybridized carbons (Fsp3) is 0.429. The summed E-state index contributed by atoms with van der Waals surface area (Å²) in [5.41, 5.74) is 1.97. The summed E-state index contributed by atoms with van der Waals surface area (Å²) in [5.74, 6) is -0.341. The Morgan fingerprint density at radius 2 is 1.80 bits per heavy atom. The van der Waals surface area contributed by atoms with Gasteiger partial charge in [0.1, 0.15) is 0 Å². The van der Waals surface area contributed by atoms with Crippen molar-refractivity contribution in [2.75, 3.05) is 36.4 Å². The predicted octanol–water partition coefficient (Wildman–Crippen LogP) is 3.98. The highest BCUT2D eigenvalue weighted by atomic mass is 32.2. The molecule has 0 unspecified atom stereocenters. The Morgan fingerprint density at radius 1 is 1.13 bits per heavy atom. The van der Waals surface area contributed by atoms with E-state index in [4.69, 9.17) is 0 Å². The fourth-order valence-electron chi connectivity index (χ4n) is 3.12. The first-order chi connectivity index (χ1) is 14.3. The molecular formula is C21H30N4O3S2. The summed E-state index contributed by atoms with van der Waals surface area (Å²) in [4.78, 5) is 19.1. The Bertz CT molecular complexity index is 991. The number of aryl methyl sites for hydroxylation is 1. The van der Waals surface area contributed by atoms with E-state index in [1.54, 1.807) is 38.1 Å². The normalized spacial score (nSPS) is 11.9. The van der Waals surface area contributed by atoms with Crippen molar-refractivity contribution in [3.63, 3.8) is 0 Å². The van der Waals surface area contributed by atoms with Crippen LogP contribution in [0.3, 0.4) is 0 Å². The number of benzene rings is 1. The molecule has 0 aliphatic carbocycles. The third kappa shape index (κ3) is 5.68. The summed E-state index contributed by atoms with van der Waals surface area (Å²) in [6.07, 6.45) is 3.05. The van der Waals surface area contributed by atoms with E-state index in [9.17, 15) is 13.2 Å². The van der Waals surface area contributed by atoms with Crippen molar-refractivity contribution >= 4 is 44.7 Å². The first-order valence-electron chi connectivity index (χ1n) is 10.1. The average Bonchev–Trinajstić information content (AvgIpc) is 3.14. The zero-order chi connectivity index (χ0) is 22.3. The van der Waals surface area contributed by atoms with E-state index in [2.05, 4.69) is 15.2 Å². The largest absolute Gasteiger partial charge is 0.370 e. The van der Waals surface area contributed by atoms with Crippen LogP contribution in [-0.4, -0.2) is 49.8 Å². The van der Waals surface area contributed by atoms with Crippen LogP contribution in [0.5, 0.6) is 0 Å². The van der Waals surface area contributed by atoms with E-state index in [-0.39, 0.29) is 10.8 Å². The molecule has 1 aromatic heterocycles. The third-order valence-corrected chi connectivity index (χ3v) is 7.55. The lowest BCUT2D eigenvalue weighted by molar-refractivity contribution is -0.111. The molecule has 0 atom stereocenters. The van der Waals surface area contributed by atoms with Crippen LogP contribution >= 0.6 is 11.3 Å². The van der Waals surface area contributed by atoms with Crippen molar-refractivity contribution in [3.05, 3.63) is 40.4 Å². The Hall–Kier alpha value is -2.23. The zero-order valence-corrected chi connectivity index (χ0v) is 19.8. The molecule has 0 bridgehead atoms. The van der Waals surface area contributed by atoms with Crippen LogP contribution in [0, 0.1) is 6.92 Å². The monoisotopic (exact) mass is 450 g/mol. The second-order valence-corrected chi connectivity index (χ2v) is 9.55. The lowest BCUT2D eigenvalue weighted by Gasteiger charge is -2.25. The molecule has 0 radical (unpaired) electrons. The van der Waals surface area contributed by atoms with Crippen molar-refractivity contribution in [1.29, 1.82) is 0 Å². The molecule has 2 aromatic rings. The van der Waals surface area contributed by atoms with Gasteiger partial charge < -0.3 is 10.2 Å². The molecule has 9 heteroatoms. The van der Waals surface area contributed by atoms with Gasteiger partial charge in [-0.3, -0.25) is 4.79 Å². The number of hydrogen-bond acceptors (Lipinski definition) is 6. The molecule has 1 aromatic carbocycles. The quantitative estimate of drug-likeness (QED) is 0.554. The van der Waals surface area contributed by atoms with E-state index < -0.39 is 10.0 Å². The zero-order valence-electron chi connectivity index (χ0n) is 18.2.